The Morgan fingerprint density at radius 3 is 1.87 bits per heavy atom. The van der Waals surface area contributed by atoms with Gasteiger partial charge in [0, 0.05) is 0 Å². The van der Waals surface area contributed by atoms with Crippen LogP contribution in [0.2, 0.25) is 0 Å². The van der Waals surface area contributed by atoms with E-state index in [1.165, 1.54) is 35.1 Å². The number of thiocarbonyl (C=S) groups is 1. The molecule has 6 nitrogen and oxygen atoms in total. The van der Waals surface area contributed by atoms with Crippen molar-refractivity contribution in [3.05, 3.63) is 126 Å². The average molecular weight is 539 g/mol. The van der Waals surface area contributed by atoms with Crippen molar-refractivity contribution in [3.63, 3.8) is 0 Å². The molecule has 0 aromatic heterocycles. The van der Waals surface area contributed by atoms with Crippen LogP contribution in [0, 0.1) is 5.82 Å². The summed E-state index contributed by atoms with van der Waals surface area (Å²) in [5.74, 6) is -0.503. The summed E-state index contributed by atoms with van der Waals surface area (Å²) in [6.45, 7) is 0.212. The number of amides is 2. The van der Waals surface area contributed by atoms with Crippen LogP contribution in [0.4, 0.5) is 15.8 Å². The highest BCUT2D eigenvalue weighted by Crippen LogP contribution is 2.33. The number of carbonyl (C=O) groups is 2. The van der Waals surface area contributed by atoms with Gasteiger partial charge in [0.1, 0.15) is 18.0 Å². The maximum atomic E-state index is 13.7. The quantitative estimate of drug-likeness (QED) is 0.160. The van der Waals surface area contributed by atoms with E-state index in [-0.39, 0.29) is 23.1 Å². The fraction of sp³-hybridized carbons (Fsp3) is 0.0645. The van der Waals surface area contributed by atoms with Crippen LogP contribution < -0.4 is 19.3 Å². The summed E-state index contributed by atoms with van der Waals surface area (Å²) in [6, 6.07) is 29.0. The largest absolute Gasteiger partial charge is 0.493 e. The number of ether oxygens (including phenoxy) is 2. The van der Waals surface area contributed by atoms with Crippen molar-refractivity contribution in [2.75, 3.05) is 16.9 Å². The van der Waals surface area contributed by atoms with Crippen LogP contribution in [0.5, 0.6) is 11.5 Å². The Hall–Kier alpha value is -4.82. The number of para-hydroxylation sites is 2. The highest BCUT2D eigenvalue weighted by Gasteiger charge is 2.41. The number of anilines is 2. The first kappa shape index (κ1) is 25.8. The molecule has 4 aromatic carbocycles. The van der Waals surface area contributed by atoms with Gasteiger partial charge in [-0.15, -0.1) is 0 Å². The summed E-state index contributed by atoms with van der Waals surface area (Å²) in [5, 5.41) is 0.0710. The Kier molecular flexibility index (Phi) is 7.47. The lowest BCUT2D eigenvalue weighted by Gasteiger charge is -2.36. The first-order chi connectivity index (χ1) is 19.0. The highest BCUT2D eigenvalue weighted by atomic mass is 32.1. The molecule has 0 spiro atoms. The SMILES string of the molecule is COc1cc(C=C2C(=O)N(c3ccccc3)C(=S)N(c3ccccc3)C2=O)ccc1OCc1ccc(F)cc1. The third-order valence-corrected chi connectivity index (χ3v) is 6.45. The smallest absolute Gasteiger partial charge is 0.270 e. The Bertz CT molecular complexity index is 1490. The molecule has 0 N–H and O–H groups in total. The molecule has 1 heterocycles. The predicted octanol–water partition coefficient (Wildman–Crippen LogP) is 6.16. The standard InChI is InChI=1S/C31H23FN2O4S/c1-37-28-19-22(14-17-27(28)38-20-21-12-15-23(32)16-13-21)18-26-29(35)33(24-8-4-2-5-9-24)31(39)34(30(26)36)25-10-6-3-7-11-25/h2-19H,20H2,1H3. The molecule has 39 heavy (non-hydrogen) atoms. The molecule has 1 aliphatic heterocycles. The van der Waals surface area contributed by atoms with Gasteiger partial charge in [-0.25, -0.2) is 4.39 Å². The minimum atomic E-state index is -0.529. The molecule has 1 aliphatic rings. The second-order valence-corrected chi connectivity index (χ2v) is 8.98. The lowest BCUT2D eigenvalue weighted by Crippen LogP contribution is -2.56. The summed E-state index contributed by atoms with van der Waals surface area (Å²) in [5.41, 5.74) is 2.40. The summed E-state index contributed by atoms with van der Waals surface area (Å²) in [4.78, 5) is 30.1. The van der Waals surface area contributed by atoms with E-state index in [4.69, 9.17) is 21.7 Å². The Morgan fingerprint density at radius 1 is 0.769 bits per heavy atom. The molecule has 1 saturated heterocycles. The maximum absolute atomic E-state index is 13.7. The molecule has 0 atom stereocenters. The molecule has 2 amide bonds. The topological polar surface area (TPSA) is 59.1 Å². The van der Waals surface area contributed by atoms with Gasteiger partial charge in [-0.05, 0) is 78.0 Å². The van der Waals surface area contributed by atoms with Crippen molar-refractivity contribution in [2.45, 2.75) is 6.61 Å². The van der Waals surface area contributed by atoms with Gasteiger partial charge in [-0.1, -0.05) is 54.6 Å². The zero-order valence-corrected chi connectivity index (χ0v) is 21.7. The molecule has 0 saturated carbocycles. The number of nitrogens with zero attached hydrogens (tertiary/aromatic N) is 2. The van der Waals surface area contributed by atoms with Gasteiger partial charge in [0.15, 0.2) is 16.6 Å². The van der Waals surface area contributed by atoms with Gasteiger partial charge >= 0.3 is 0 Å². The number of hydrogen-bond donors (Lipinski definition) is 0. The summed E-state index contributed by atoms with van der Waals surface area (Å²) in [7, 11) is 1.50. The monoisotopic (exact) mass is 538 g/mol. The third kappa shape index (κ3) is 5.42. The van der Waals surface area contributed by atoms with Crippen LogP contribution in [-0.4, -0.2) is 24.0 Å². The fourth-order valence-electron chi connectivity index (χ4n) is 4.14. The predicted molar refractivity (Wildman–Crippen MR) is 152 cm³/mol. The van der Waals surface area contributed by atoms with Crippen LogP contribution in [0.25, 0.3) is 6.08 Å². The molecule has 0 radical (unpaired) electrons. The number of carbonyl (C=O) groups excluding carboxylic acids is 2. The first-order valence-electron chi connectivity index (χ1n) is 12.1. The molecule has 4 aromatic rings. The first-order valence-corrected chi connectivity index (χ1v) is 12.5. The average Bonchev–Trinajstić information content (AvgIpc) is 2.96. The molecule has 0 aliphatic carbocycles. The van der Waals surface area contributed by atoms with E-state index in [1.807, 2.05) is 12.1 Å². The minimum Gasteiger partial charge on any atom is -0.493 e. The fourth-order valence-corrected chi connectivity index (χ4v) is 4.52. The van der Waals surface area contributed by atoms with Crippen molar-refractivity contribution < 1.29 is 23.5 Å². The maximum Gasteiger partial charge on any atom is 0.270 e. The van der Waals surface area contributed by atoms with Crippen LogP contribution in [0.3, 0.4) is 0 Å². The van der Waals surface area contributed by atoms with Crippen LogP contribution in [0.15, 0.2) is 109 Å². The van der Waals surface area contributed by atoms with Gasteiger partial charge in [0.25, 0.3) is 11.8 Å². The Labute approximate surface area is 230 Å². The van der Waals surface area contributed by atoms with E-state index >= 15 is 0 Å². The molecule has 194 valence electrons. The van der Waals surface area contributed by atoms with Gasteiger partial charge in [0.2, 0.25) is 0 Å². The van der Waals surface area contributed by atoms with Crippen molar-refractivity contribution in [3.8, 4) is 11.5 Å². The van der Waals surface area contributed by atoms with Gasteiger partial charge in [-0.2, -0.15) is 0 Å². The van der Waals surface area contributed by atoms with E-state index < -0.39 is 11.8 Å². The zero-order chi connectivity index (χ0) is 27.4. The molecular formula is C31H23FN2O4S. The highest BCUT2D eigenvalue weighted by molar-refractivity contribution is 7.81. The summed E-state index contributed by atoms with van der Waals surface area (Å²) >= 11 is 5.64. The van der Waals surface area contributed by atoms with Crippen molar-refractivity contribution in [1.82, 2.24) is 0 Å². The van der Waals surface area contributed by atoms with Crippen molar-refractivity contribution in [2.24, 2.45) is 0 Å². The van der Waals surface area contributed by atoms with Crippen LogP contribution >= 0.6 is 12.2 Å². The number of hydrogen-bond acceptors (Lipinski definition) is 5. The van der Waals surface area contributed by atoms with Crippen molar-refractivity contribution in [1.29, 1.82) is 0 Å². The van der Waals surface area contributed by atoms with Crippen LogP contribution in [0.1, 0.15) is 11.1 Å². The second kappa shape index (κ2) is 11.3. The molecule has 5 rings (SSSR count). The minimum absolute atomic E-state index is 0.0571. The number of rotatable bonds is 7. The van der Waals surface area contributed by atoms with Gasteiger partial charge in [0.05, 0.1) is 18.5 Å². The summed E-state index contributed by atoms with van der Waals surface area (Å²) in [6.07, 6.45) is 1.52. The molecule has 0 unspecified atom stereocenters. The van der Waals surface area contributed by atoms with E-state index in [2.05, 4.69) is 0 Å². The van der Waals surface area contributed by atoms with E-state index in [9.17, 15) is 14.0 Å². The lowest BCUT2D eigenvalue weighted by atomic mass is 10.0. The van der Waals surface area contributed by atoms with Crippen molar-refractivity contribution >= 4 is 46.6 Å². The van der Waals surface area contributed by atoms with E-state index in [0.717, 1.165) is 5.56 Å². The number of methoxy groups -OCH3 is 1. The zero-order valence-electron chi connectivity index (χ0n) is 20.9. The normalized spacial score (nSPS) is 13.5. The molecular weight excluding hydrogens is 515 g/mol. The lowest BCUT2D eigenvalue weighted by molar-refractivity contribution is -0.120. The van der Waals surface area contributed by atoms with Gasteiger partial charge in [-0.3, -0.25) is 19.4 Å². The Morgan fingerprint density at radius 2 is 1.33 bits per heavy atom. The van der Waals surface area contributed by atoms with Crippen LogP contribution in [-0.2, 0) is 16.2 Å². The Balaban J connectivity index is 1.50. The second-order valence-electron chi connectivity index (χ2n) is 8.62. The molecule has 8 heteroatoms. The number of benzene rings is 4. The summed E-state index contributed by atoms with van der Waals surface area (Å²) < 4.78 is 24.6. The number of halogens is 1. The molecule has 1 fully saturated rings. The third-order valence-electron chi connectivity index (χ3n) is 6.08. The van der Waals surface area contributed by atoms with Gasteiger partial charge < -0.3 is 9.47 Å². The van der Waals surface area contributed by atoms with E-state index in [0.29, 0.717) is 28.4 Å². The van der Waals surface area contributed by atoms with E-state index in [1.54, 1.807) is 78.9 Å². The molecule has 0 bridgehead atoms.